The number of ether oxygens (including phenoxy) is 1. The van der Waals surface area contributed by atoms with Gasteiger partial charge in [-0.3, -0.25) is 4.79 Å². The number of rotatable bonds is 4. The van der Waals surface area contributed by atoms with E-state index in [-0.39, 0.29) is 5.91 Å². The molecule has 4 nitrogen and oxygen atoms in total. The summed E-state index contributed by atoms with van der Waals surface area (Å²) >= 11 is 1.35. The molecule has 1 N–H and O–H groups in total. The summed E-state index contributed by atoms with van der Waals surface area (Å²) in [6.45, 7) is 4.62. The zero-order valence-corrected chi connectivity index (χ0v) is 16.5. The van der Waals surface area contributed by atoms with Gasteiger partial charge in [-0.2, -0.15) is 0 Å². The fourth-order valence-electron chi connectivity index (χ4n) is 3.06. The molecule has 1 amide bonds. The van der Waals surface area contributed by atoms with Gasteiger partial charge >= 0.3 is 0 Å². The zero-order chi connectivity index (χ0) is 19.5. The number of nitrogens with zero attached hydrogens (tertiary/aromatic N) is 1. The van der Waals surface area contributed by atoms with Crippen LogP contribution in [0.3, 0.4) is 0 Å². The van der Waals surface area contributed by atoms with Crippen LogP contribution in [-0.4, -0.2) is 17.7 Å². The number of aryl methyl sites for hydroxylation is 1. The molecule has 1 aliphatic heterocycles. The van der Waals surface area contributed by atoms with E-state index >= 15 is 0 Å². The van der Waals surface area contributed by atoms with Crippen molar-refractivity contribution >= 4 is 45.4 Å². The molecule has 1 aliphatic rings. The maximum absolute atomic E-state index is 12.4. The lowest BCUT2D eigenvalue weighted by Gasteiger charge is -2.09. The number of amidine groups is 1. The maximum atomic E-state index is 12.4. The Kier molecular flexibility index (Phi) is 5.17. The summed E-state index contributed by atoms with van der Waals surface area (Å²) in [5, 5.41) is 5.53. The summed E-state index contributed by atoms with van der Waals surface area (Å²) in [6.07, 6.45) is 1.91. The van der Waals surface area contributed by atoms with E-state index in [1.807, 2.05) is 80.6 Å². The summed E-state index contributed by atoms with van der Waals surface area (Å²) in [5.41, 5.74) is 2.98. The van der Waals surface area contributed by atoms with Crippen LogP contribution in [0.2, 0.25) is 0 Å². The third-order valence-electron chi connectivity index (χ3n) is 4.42. The van der Waals surface area contributed by atoms with Gasteiger partial charge in [-0.25, -0.2) is 4.99 Å². The van der Waals surface area contributed by atoms with E-state index in [1.165, 1.54) is 17.3 Å². The lowest BCUT2D eigenvalue weighted by molar-refractivity contribution is -0.115. The molecule has 0 aromatic heterocycles. The summed E-state index contributed by atoms with van der Waals surface area (Å²) in [4.78, 5) is 17.6. The van der Waals surface area contributed by atoms with Crippen LogP contribution in [0.4, 0.5) is 5.69 Å². The second-order valence-corrected chi connectivity index (χ2v) is 7.48. The fourth-order valence-corrected chi connectivity index (χ4v) is 3.89. The molecule has 5 heteroatoms. The molecule has 1 saturated heterocycles. The minimum absolute atomic E-state index is 0.131. The number of fused-ring (bicyclic) bond motifs is 1. The minimum Gasteiger partial charge on any atom is -0.493 e. The molecule has 0 atom stereocenters. The molecule has 0 bridgehead atoms. The Hall–Kier alpha value is -3.05. The molecule has 28 heavy (non-hydrogen) atoms. The summed E-state index contributed by atoms with van der Waals surface area (Å²) in [6, 6.07) is 19.9. The van der Waals surface area contributed by atoms with Crippen LogP contribution in [0, 0.1) is 6.92 Å². The van der Waals surface area contributed by atoms with E-state index in [0.29, 0.717) is 16.7 Å². The summed E-state index contributed by atoms with van der Waals surface area (Å²) in [5.74, 6) is 0.722. The van der Waals surface area contributed by atoms with Crippen LogP contribution in [0.1, 0.15) is 18.1 Å². The monoisotopic (exact) mass is 388 g/mol. The van der Waals surface area contributed by atoms with Crippen LogP contribution < -0.4 is 10.1 Å². The first-order chi connectivity index (χ1) is 13.6. The molecule has 0 saturated carbocycles. The number of hydrogen-bond donors (Lipinski definition) is 1. The van der Waals surface area contributed by atoms with Crippen molar-refractivity contribution in [2.24, 2.45) is 4.99 Å². The Labute approximate surface area is 168 Å². The molecular formula is C23H20N2O2S. The third-order valence-corrected chi connectivity index (χ3v) is 5.33. The average Bonchev–Trinajstić information content (AvgIpc) is 3.04. The van der Waals surface area contributed by atoms with Gasteiger partial charge in [-0.05, 0) is 60.8 Å². The number of hydrogen-bond acceptors (Lipinski definition) is 4. The van der Waals surface area contributed by atoms with E-state index < -0.39 is 0 Å². The first-order valence-corrected chi connectivity index (χ1v) is 9.96. The highest BCUT2D eigenvalue weighted by atomic mass is 32.2. The van der Waals surface area contributed by atoms with Crippen molar-refractivity contribution in [3.63, 3.8) is 0 Å². The smallest absolute Gasteiger partial charge is 0.264 e. The number of carbonyl (C=O) groups excluding carboxylic acids is 1. The van der Waals surface area contributed by atoms with Crippen molar-refractivity contribution in [1.82, 2.24) is 5.32 Å². The van der Waals surface area contributed by atoms with Crippen LogP contribution in [0.25, 0.3) is 16.8 Å². The molecule has 4 rings (SSSR count). The molecule has 1 heterocycles. The first-order valence-electron chi connectivity index (χ1n) is 9.15. The van der Waals surface area contributed by atoms with Crippen molar-refractivity contribution in [2.75, 3.05) is 6.61 Å². The van der Waals surface area contributed by atoms with Gasteiger partial charge in [-0.1, -0.05) is 48.0 Å². The molecule has 0 aliphatic carbocycles. The standard InChI is InChI=1S/C23H20N2O2S/c1-3-27-20-13-10-16(18-6-4-5-7-19(18)20)14-21-22(26)25-23(28-21)24-17-11-8-15(2)9-12-17/h4-14H,3H2,1-2H3,(H,24,25,26)/b21-14+. The second kappa shape index (κ2) is 7.90. The normalized spacial score (nSPS) is 16.7. The van der Waals surface area contributed by atoms with Gasteiger partial charge in [0.1, 0.15) is 5.75 Å². The van der Waals surface area contributed by atoms with Gasteiger partial charge in [0, 0.05) is 5.39 Å². The Morgan fingerprint density at radius 2 is 1.79 bits per heavy atom. The summed E-state index contributed by atoms with van der Waals surface area (Å²) in [7, 11) is 0. The van der Waals surface area contributed by atoms with Gasteiger partial charge in [0.15, 0.2) is 5.17 Å². The Balaban J connectivity index is 1.67. The second-order valence-electron chi connectivity index (χ2n) is 6.45. The topological polar surface area (TPSA) is 50.7 Å². The van der Waals surface area contributed by atoms with Crippen molar-refractivity contribution in [1.29, 1.82) is 0 Å². The first kappa shape index (κ1) is 18.3. The van der Waals surface area contributed by atoms with Crippen molar-refractivity contribution < 1.29 is 9.53 Å². The highest BCUT2D eigenvalue weighted by Crippen LogP contribution is 2.33. The van der Waals surface area contributed by atoms with Crippen LogP contribution in [0.15, 0.2) is 70.6 Å². The van der Waals surface area contributed by atoms with Gasteiger partial charge in [0.2, 0.25) is 0 Å². The third kappa shape index (κ3) is 3.80. The predicted molar refractivity (Wildman–Crippen MR) is 117 cm³/mol. The molecule has 1 fully saturated rings. The van der Waals surface area contributed by atoms with E-state index in [4.69, 9.17) is 4.74 Å². The van der Waals surface area contributed by atoms with Gasteiger partial charge < -0.3 is 10.1 Å². The predicted octanol–water partition coefficient (Wildman–Crippen LogP) is 5.44. The Morgan fingerprint density at radius 1 is 1.04 bits per heavy atom. The highest BCUT2D eigenvalue weighted by molar-refractivity contribution is 8.18. The molecule has 0 unspecified atom stereocenters. The van der Waals surface area contributed by atoms with E-state index in [0.717, 1.165) is 27.8 Å². The largest absolute Gasteiger partial charge is 0.493 e. The molecule has 0 spiro atoms. The number of carbonyl (C=O) groups is 1. The van der Waals surface area contributed by atoms with E-state index in [2.05, 4.69) is 10.3 Å². The van der Waals surface area contributed by atoms with Gasteiger partial charge in [0.25, 0.3) is 5.91 Å². The van der Waals surface area contributed by atoms with Crippen molar-refractivity contribution in [2.45, 2.75) is 13.8 Å². The fraction of sp³-hybridized carbons (Fsp3) is 0.130. The maximum Gasteiger partial charge on any atom is 0.264 e. The van der Waals surface area contributed by atoms with Gasteiger partial charge in [-0.15, -0.1) is 0 Å². The summed E-state index contributed by atoms with van der Waals surface area (Å²) < 4.78 is 5.73. The van der Waals surface area contributed by atoms with Crippen LogP contribution in [0.5, 0.6) is 5.75 Å². The van der Waals surface area contributed by atoms with E-state index in [9.17, 15) is 4.79 Å². The highest BCUT2D eigenvalue weighted by Gasteiger charge is 2.24. The average molecular weight is 388 g/mol. The van der Waals surface area contributed by atoms with Crippen molar-refractivity contribution in [3.8, 4) is 5.75 Å². The van der Waals surface area contributed by atoms with E-state index in [1.54, 1.807) is 0 Å². The lowest BCUT2D eigenvalue weighted by atomic mass is 10.0. The number of aliphatic imine (C=N–C) groups is 1. The Morgan fingerprint density at radius 3 is 2.54 bits per heavy atom. The lowest BCUT2D eigenvalue weighted by Crippen LogP contribution is -2.19. The number of thioether (sulfide) groups is 1. The minimum atomic E-state index is -0.131. The van der Waals surface area contributed by atoms with Crippen LogP contribution in [-0.2, 0) is 4.79 Å². The number of benzene rings is 3. The van der Waals surface area contributed by atoms with Crippen LogP contribution >= 0.6 is 11.8 Å². The molecule has 3 aromatic carbocycles. The number of amides is 1. The Bertz CT molecular complexity index is 1100. The zero-order valence-electron chi connectivity index (χ0n) is 15.7. The molecule has 0 radical (unpaired) electrons. The van der Waals surface area contributed by atoms with Gasteiger partial charge in [0.05, 0.1) is 17.2 Å². The molecule has 3 aromatic rings. The SMILES string of the molecule is CCOc1ccc(/C=C2/SC(=Nc3ccc(C)cc3)NC2=O)c2ccccc12. The number of nitrogens with one attached hydrogen (secondary N) is 1. The quantitative estimate of drug-likeness (QED) is 0.606. The molecular weight excluding hydrogens is 368 g/mol. The molecule has 140 valence electrons. The van der Waals surface area contributed by atoms with Crippen molar-refractivity contribution in [3.05, 3.63) is 76.7 Å².